The number of likely N-dealkylation sites (tertiary alicyclic amines) is 1. The van der Waals surface area contributed by atoms with Crippen LogP contribution < -0.4 is 5.32 Å². The molecule has 2 unspecified atom stereocenters. The van der Waals surface area contributed by atoms with E-state index in [4.69, 9.17) is 4.98 Å². The molecule has 0 bridgehead atoms. The summed E-state index contributed by atoms with van der Waals surface area (Å²) < 4.78 is 0. The number of aromatic nitrogens is 1. The Balaban J connectivity index is 1.53. The summed E-state index contributed by atoms with van der Waals surface area (Å²) in [4.78, 5) is 7.62. The van der Waals surface area contributed by atoms with Crippen molar-refractivity contribution < 1.29 is 0 Å². The zero-order chi connectivity index (χ0) is 20.9. The van der Waals surface area contributed by atoms with Crippen LogP contribution in [0, 0.1) is 0 Å². The lowest BCUT2D eigenvalue weighted by Gasteiger charge is -2.39. The summed E-state index contributed by atoms with van der Waals surface area (Å²) >= 11 is 0. The Hall–Kier alpha value is -2.13. The maximum atomic E-state index is 4.88. The van der Waals surface area contributed by atoms with Gasteiger partial charge in [-0.3, -0.25) is 4.90 Å². The Kier molecular flexibility index (Phi) is 6.89. The maximum Gasteiger partial charge on any atom is 0.0730 e. The number of nitrogens with zero attached hydrogens (tertiary/aromatic N) is 2. The van der Waals surface area contributed by atoms with E-state index >= 15 is 0 Å². The average Bonchev–Trinajstić information content (AvgIpc) is 2.75. The maximum absolute atomic E-state index is 4.88. The predicted molar refractivity (Wildman–Crippen MR) is 130 cm³/mol. The lowest BCUT2D eigenvalue weighted by atomic mass is 9.96. The molecule has 3 atom stereocenters. The van der Waals surface area contributed by atoms with Crippen LogP contribution in [0.3, 0.4) is 0 Å². The molecule has 2 heterocycles. The van der Waals surface area contributed by atoms with Crippen molar-refractivity contribution in [1.29, 1.82) is 0 Å². The SMILES string of the molecule is CCC[C@@H](CCCN1C(C)CCCC1C)Nc1c2ccccc2nc2ccccc12. The number of hydrogen-bond acceptors (Lipinski definition) is 3. The number of anilines is 1. The highest BCUT2D eigenvalue weighted by molar-refractivity contribution is 6.07. The molecule has 0 radical (unpaired) electrons. The number of para-hydroxylation sites is 2. The first-order valence-corrected chi connectivity index (χ1v) is 12.0. The van der Waals surface area contributed by atoms with Crippen molar-refractivity contribution in [2.75, 3.05) is 11.9 Å². The first-order chi connectivity index (χ1) is 14.7. The Morgan fingerprint density at radius 3 is 2.13 bits per heavy atom. The zero-order valence-electron chi connectivity index (χ0n) is 18.9. The van der Waals surface area contributed by atoms with Crippen molar-refractivity contribution in [2.24, 2.45) is 0 Å². The fraction of sp³-hybridized carbons (Fsp3) is 0.519. The van der Waals surface area contributed by atoms with Crippen LogP contribution in [0.15, 0.2) is 48.5 Å². The molecule has 1 aliphatic rings. The van der Waals surface area contributed by atoms with Gasteiger partial charge in [0.2, 0.25) is 0 Å². The number of hydrogen-bond donors (Lipinski definition) is 1. The lowest BCUT2D eigenvalue weighted by molar-refractivity contribution is 0.101. The Bertz CT molecular complexity index is 903. The molecule has 160 valence electrons. The van der Waals surface area contributed by atoms with Crippen LogP contribution in [0.1, 0.15) is 65.7 Å². The van der Waals surface area contributed by atoms with Crippen molar-refractivity contribution in [1.82, 2.24) is 9.88 Å². The van der Waals surface area contributed by atoms with E-state index in [0.29, 0.717) is 6.04 Å². The molecule has 0 amide bonds. The summed E-state index contributed by atoms with van der Waals surface area (Å²) in [5.74, 6) is 0. The molecule has 3 nitrogen and oxygen atoms in total. The van der Waals surface area contributed by atoms with Crippen molar-refractivity contribution in [2.45, 2.75) is 83.8 Å². The second-order valence-corrected chi connectivity index (χ2v) is 9.16. The highest BCUT2D eigenvalue weighted by Gasteiger charge is 2.24. The van der Waals surface area contributed by atoms with E-state index in [1.54, 1.807) is 0 Å². The van der Waals surface area contributed by atoms with Gasteiger partial charge in [-0.25, -0.2) is 4.98 Å². The standard InChI is InChI=1S/C27H37N3/c1-4-11-22(14-10-19-30-20(2)12-9-13-21(30)3)28-27-23-15-5-7-17-25(23)29-26-18-8-6-16-24(26)27/h5-8,15-18,20-22H,4,9-14,19H2,1-3H3,(H,28,29)/t20?,21?,22-/m0/s1. The normalized spacial score (nSPS) is 21.2. The van der Waals surface area contributed by atoms with Crippen molar-refractivity contribution >= 4 is 27.5 Å². The minimum atomic E-state index is 0.500. The molecule has 1 fully saturated rings. The Morgan fingerprint density at radius 1 is 0.933 bits per heavy atom. The number of nitrogens with one attached hydrogen (secondary N) is 1. The molecule has 1 aliphatic heterocycles. The molecule has 30 heavy (non-hydrogen) atoms. The van der Waals surface area contributed by atoms with E-state index in [-0.39, 0.29) is 0 Å². The lowest BCUT2D eigenvalue weighted by Crippen LogP contribution is -2.44. The number of piperidine rings is 1. The highest BCUT2D eigenvalue weighted by Crippen LogP contribution is 2.32. The molecule has 2 aromatic carbocycles. The van der Waals surface area contributed by atoms with Crippen LogP contribution in [-0.2, 0) is 0 Å². The molecule has 3 aromatic rings. The molecule has 4 rings (SSSR count). The van der Waals surface area contributed by atoms with Gasteiger partial charge in [0.25, 0.3) is 0 Å². The first-order valence-electron chi connectivity index (χ1n) is 12.0. The summed E-state index contributed by atoms with van der Waals surface area (Å²) in [5, 5.41) is 6.43. The van der Waals surface area contributed by atoms with Crippen LogP contribution in [0.2, 0.25) is 0 Å². The van der Waals surface area contributed by atoms with E-state index in [0.717, 1.165) is 23.1 Å². The fourth-order valence-corrected chi connectivity index (χ4v) is 5.27. The van der Waals surface area contributed by atoms with Gasteiger partial charge in [0.1, 0.15) is 0 Å². The van der Waals surface area contributed by atoms with Crippen LogP contribution in [0.4, 0.5) is 5.69 Å². The molecular weight excluding hydrogens is 366 g/mol. The van der Waals surface area contributed by atoms with E-state index in [2.05, 4.69) is 79.5 Å². The monoisotopic (exact) mass is 403 g/mol. The molecule has 0 saturated carbocycles. The first kappa shape index (κ1) is 21.1. The minimum absolute atomic E-state index is 0.500. The zero-order valence-corrected chi connectivity index (χ0v) is 18.9. The van der Waals surface area contributed by atoms with Gasteiger partial charge < -0.3 is 5.32 Å². The van der Waals surface area contributed by atoms with Gasteiger partial charge in [0, 0.05) is 28.9 Å². The van der Waals surface area contributed by atoms with Crippen LogP contribution in [0.5, 0.6) is 0 Å². The van der Waals surface area contributed by atoms with E-state index in [9.17, 15) is 0 Å². The smallest absolute Gasteiger partial charge is 0.0730 e. The fourth-order valence-electron chi connectivity index (χ4n) is 5.27. The van der Waals surface area contributed by atoms with Crippen LogP contribution in [0.25, 0.3) is 21.8 Å². The third-order valence-corrected chi connectivity index (χ3v) is 6.92. The van der Waals surface area contributed by atoms with Gasteiger partial charge in [-0.1, -0.05) is 56.2 Å². The van der Waals surface area contributed by atoms with E-state index in [1.165, 1.54) is 68.0 Å². The third-order valence-electron chi connectivity index (χ3n) is 6.92. The van der Waals surface area contributed by atoms with Gasteiger partial charge in [-0.15, -0.1) is 0 Å². The molecule has 0 aliphatic carbocycles. The summed E-state index contributed by atoms with van der Waals surface area (Å²) in [6.07, 6.45) is 8.99. The third kappa shape index (κ3) is 4.62. The second-order valence-electron chi connectivity index (χ2n) is 9.16. The van der Waals surface area contributed by atoms with Gasteiger partial charge in [0.05, 0.1) is 16.7 Å². The minimum Gasteiger partial charge on any atom is -0.381 e. The van der Waals surface area contributed by atoms with E-state index in [1.807, 2.05) is 0 Å². The Morgan fingerprint density at radius 2 is 1.53 bits per heavy atom. The summed E-state index contributed by atoms with van der Waals surface area (Å²) in [7, 11) is 0. The average molecular weight is 404 g/mol. The van der Waals surface area contributed by atoms with Crippen molar-refractivity contribution in [3.05, 3.63) is 48.5 Å². The number of rotatable bonds is 8. The molecule has 1 aromatic heterocycles. The number of benzene rings is 2. The Labute approximate surface area is 181 Å². The van der Waals surface area contributed by atoms with Crippen LogP contribution in [-0.4, -0.2) is 34.6 Å². The van der Waals surface area contributed by atoms with Gasteiger partial charge >= 0.3 is 0 Å². The largest absolute Gasteiger partial charge is 0.381 e. The highest BCUT2D eigenvalue weighted by atomic mass is 15.2. The van der Waals surface area contributed by atoms with Gasteiger partial charge in [0.15, 0.2) is 0 Å². The molecule has 1 N–H and O–H groups in total. The van der Waals surface area contributed by atoms with Crippen molar-refractivity contribution in [3.63, 3.8) is 0 Å². The topological polar surface area (TPSA) is 28.2 Å². The molecule has 3 heteroatoms. The van der Waals surface area contributed by atoms with Gasteiger partial charge in [-0.2, -0.15) is 0 Å². The summed E-state index contributed by atoms with van der Waals surface area (Å²) in [6, 6.07) is 19.0. The number of pyridine rings is 1. The molecule has 1 saturated heterocycles. The van der Waals surface area contributed by atoms with E-state index < -0.39 is 0 Å². The van der Waals surface area contributed by atoms with Gasteiger partial charge in [-0.05, 0) is 64.6 Å². The summed E-state index contributed by atoms with van der Waals surface area (Å²) in [6.45, 7) is 8.34. The second kappa shape index (κ2) is 9.78. The predicted octanol–water partition coefficient (Wildman–Crippen LogP) is 7.01. The van der Waals surface area contributed by atoms with Crippen LogP contribution >= 0.6 is 0 Å². The summed E-state index contributed by atoms with van der Waals surface area (Å²) in [5.41, 5.74) is 3.41. The molecule has 0 spiro atoms. The van der Waals surface area contributed by atoms with Crippen molar-refractivity contribution in [3.8, 4) is 0 Å². The number of fused-ring (bicyclic) bond motifs is 2. The quantitative estimate of drug-likeness (QED) is 0.410. The molecular formula is C27H37N3.